The lowest BCUT2D eigenvalue weighted by molar-refractivity contribution is -0.150. The number of carboxylic acids is 1. The Morgan fingerprint density at radius 3 is 2.92 bits per heavy atom. The van der Waals surface area contributed by atoms with Crippen LogP contribution in [0.2, 0.25) is 0 Å². The third kappa shape index (κ3) is 6.24. The van der Waals surface area contributed by atoms with Gasteiger partial charge in [-0.25, -0.2) is 9.78 Å². The van der Waals surface area contributed by atoms with E-state index in [-0.39, 0.29) is 22.2 Å². The fourth-order valence-corrected chi connectivity index (χ4v) is 6.55. The highest BCUT2D eigenvalue weighted by molar-refractivity contribution is 8.01. The number of thiazole rings is 1. The van der Waals surface area contributed by atoms with Crippen LogP contribution in [-0.2, 0) is 19.2 Å². The van der Waals surface area contributed by atoms with Crippen molar-refractivity contribution in [1.29, 1.82) is 0 Å². The topological polar surface area (TPSA) is 189 Å². The molecular formula is C21H26N8O5S3. The average molecular weight is 567 g/mol. The normalized spacial score (nSPS) is 19.4. The molecule has 37 heavy (non-hydrogen) atoms. The molecule has 16 heteroatoms. The number of thioether (sulfide) groups is 2. The molecule has 1 unspecified atom stereocenters. The van der Waals surface area contributed by atoms with Crippen molar-refractivity contribution in [1.82, 2.24) is 30.6 Å². The second-order valence-corrected chi connectivity index (χ2v) is 11.1. The van der Waals surface area contributed by atoms with Crippen molar-refractivity contribution in [3.63, 3.8) is 0 Å². The van der Waals surface area contributed by atoms with Gasteiger partial charge in [-0.15, -0.1) is 28.2 Å². The van der Waals surface area contributed by atoms with Crippen LogP contribution >= 0.6 is 34.9 Å². The van der Waals surface area contributed by atoms with E-state index in [2.05, 4.69) is 37.8 Å². The number of nitrogens with one attached hydrogen (secondary N) is 2. The number of carboxylic acid groups (broad SMARTS) is 1. The van der Waals surface area contributed by atoms with Gasteiger partial charge in [0.05, 0.1) is 6.20 Å². The van der Waals surface area contributed by atoms with Gasteiger partial charge in [0.1, 0.15) is 34.4 Å². The molecule has 0 spiro atoms. The number of nitrogen functional groups attached to an aromatic ring is 1. The van der Waals surface area contributed by atoms with Crippen LogP contribution in [0.4, 0.5) is 5.13 Å². The summed E-state index contributed by atoms with van der Waals surface area (Å²) in [4.78, 5) is 48.9. The summed E-state index contributed by atoms with van der Waals surface area (Å²) in [5.41, 5.74) is 6.42. The Balaban J connectivity index is 1.44. The van der Waals surface area contributed by atoms with Gasteiger partial charge in [0.2, 0.25) is 0 Å². The van der Waals surface area contributed by atoms with Crippen LogP contribution in [0.25, 0.3) is 0 Å². The summed E-state index contributed by atoms with van der Waals surface area (Å²) in [6.07, 6.45) is 5.48. The molecule has 5 N–H and O–H groups in total. The summed E-state index contributed by atoms with van der Waals surface area (Å²) in [7, 11) is 0. The molecule has 2 amide bonds. The molecule has 13 nitrogen and oxygen atoms in total. The summed E-state index contributed by atoms with van der Waals surface area (Å²) in [5.74, 6) is -1.63. The first-order chi connectivity index (χ1) is 17.9. The highest BCUT2D eigenvalue weighted by Gasteiger charge is 2.54. The van der Waals surface area contributed by atoms with Gasteiger partial charge in [-0.3, -0.25) is 14.5 Å². The van der Waals surface area contributed by atoms with Crippen molar-refractivity contribution in [3.05, 3.63) is 28.5 Å². The number of β-lactam (4-membered cyclic amide) rings is 1. The van der Waals surface area contributed by atoms with E-state index in [1.54, 1.807) is 5.38 Å². The predicted octanol–water partition coefficient (Wildman–Crippen LogP) is 1.68. The molecule has 4 rings (SSSR count). The molecule has 1 fully saturated rings. The molecule has 2 aliphatic heterocycles. The van der Waals surface area contributed by atoms with Crippen molar-refractivity contribution in [2.24, 2.45) is 5.16 Å². The number of hydrogen-bond acceptors (Lipinski definition) is 12. The lowest BCUT2D eigenvalue weighted by Crippen LogP contribution is -2.71. The number of aromatic nitrogens is 4. The minimum absolute atomic E-state index is 0.0631. The largest absolute Gasteiger partial charge is 0.477 e. The van der Waals surface area contributed by atoms with Crippen molar-refractivity contribution in [3.8, 4) is 0 Å². The molecule has 0 aromatic carbocycles. The lowest BCUT2D eigenvalue weighted by atomic mass is 10.0. The van der Waals surface area contributed by atoms with Crippen LogP contribution in [0.1, 0.15) is 38.3 Å². The number of nitrogens with two attached hydrogens (primary N) is 1. The number of anilines is 1. The number of unbranched alkanes of at least 4 members (excludes halogenated alkanes) is 3. The van der Waals surface area contributed by atoms with E-state index in [1.807, 2.05) is 0 Å². The van der Waals surface area contributed by atoms with Crippen molar-refractivity contribution >= 4 is 63.5 Å². The first kappa shape index (κ1) is 26.9. The average Bonchev–Trinajstić information content (AvgIpc) is 3.56. The predicted molar refractivity (Wildman–Crippen MR) is 140 cm³/mol. The molecule has 0 radical (unpaired) electrons. The Bertz CT molecular complexity index is 1200. The van der Waals surface area contributed by atoms with E-state index in [4.69, 9.17) is 10.6 Å². The number of aromatic amines is 1. The number of H-pyrrole nitrogens is 1. The van der Waals surface area contributed by atoms with Gasteiger partial charge in [-0.1, -0.05) is 36.7 Å². The lowest BCUT2D eigenvalue weighted by Gasteiger charge is -2.49. The second kappa shape index (κ2) is 12.4. The van der Waals surface area contributed by atoms with Gasteiger partial charge in [0.25, 0.3) is 11.8 Å². The summed E-state index contributed by atoms with van der Waals surface area (Å²) >= 11 is 3.85. The first-order valence-electron chi connectivity index (χ1n) is 11.5. The monoisotopic (exact) mass is 566 g/mol. The summed E-state index contributed by atoms with van der Waals surface area (Å²) < 4.78 is 0. The van der Waals surface area contributed by atoms with Gasteiger partial charge in [-0.05, 0) is 18.4 Å². The molecule has 2 aromatic rings. The molecular weight excluding hydrogens is 540 g/mol. The molecule has 1 saturated heterocycles. The maximum absolute atomic E-state index is 13.1. The minimum Gasteiger partial charge on any atom is -0.477 e. The van der Waals surface area contributed by atoms with E-state index < -0.39 is 29.2 Å². The van der Waals surface area contributed by atoms with Crippen LogP contribution in [-0.4, -0.2) is 83.4 Å². The van der Waals surface area contributed by atoms with Crippen LogP contribution in [0.3, 0.4) is 0 Å². The van der Waals surface area contributed by atoms with E-state index in [0.29, 0.717) is 28.7 Å². The van der Waals surface area contributed by atoms with Gasteiger partial charge in [-0.2, -0.15) is 10.3 Å². The summed E-state index contributed by atoms with van der Waals surface area (Å²) in [5, 5.41) is 28.6. The third-order valence-electron chi connectivity index (χ3n) is 5.55. The highest BCUT2D eigenvalue weighted by atomic mass is 32.2. The number of carbonyl (C=O) groups is 3. The fraction of sp³-hybridized carbons (Fsp3) is 0.476. The Labute approximate surface area is 224 Å². The van der Waals surface area contributed by atoms with Crippen molar-refractivity contribution in [2.75, 3.05) is 23.8 Å². The van der Waals surface area contributed by atoms with E-state index in [0.717, 1.165) is 37.0 Å². The Hall–Kier alpha value is -3.11. The van der Waals surface area contributed by atoms with Crippen LogP contribution in [0.15, 0.2) is 33.0 Å². The maximum Gasteiger partial charge on any atom is 0.352 e. The first-order valence-corrected chi connectivity index (χ1v) is 14.4. The number of rotatable bonds is 13. The van der Waals surface area contributed by atoms with Crippen LogP contribution in [0.5, 0.6) is 0 Å². The van der Waals surface area contributed by atoms with Gasteiger partial charge in [0, 0.05) is 16.9 Å². The van der Waals surface area contributed by atoms with Gasteiger partial charge in [0.15, 0.2) is 10.8 Å². The third-order valence-corrected chi connectivity index (χ3v) is 8.55. The molecule has 0 bridgehead atoms. The number of amides is 2. The molecule has 2 aromatic heterocycles. The molecule has 2 aliphatic rings. The standard InChI is InChI=1S/C21H26N8O5S3/c1-2-3-4-5-6-34-27-14(12-10-37-21(22)24-12)17(30)25-15-18(31)29-16(20(32)33)11(9-36-19(15)29)8-35-13-7-23-28-26-13/h7,10,15,19H,2-6,8-9H2,1H3,(H2,22,24)(H,25,30)(H,32,33)(H,23,26,28)/t15?,19-/m1/s1. The quantitative estimate of drug-likeness (QED) is 0.0907. The molecule has 198 valence electrons. The Morgan fingerprint density at radius 2 is 2.24 bits per heavy atom. The fourth-order valence-electron chi connectivity index (χ4n) is 3.73. The highest BCUT2D eigenvalue weighted by Crippen LogP contribution is 2.41. The van der Waals surface area contributed by atoms with Crippen molar-refractivity contribution in [2.45, 2.75) is 49.0 Å². The van der Waals surface area contributed by atoms with E-state index in [1.165, 1.54) is 34.6 Å². The molecule has 2 atom stereocenters. The Kier molecular flexibility index (Phi) is 9.04. The van der Waals surface area contributed by atoms with E-state index in [9.17, 15) is 19.5 Å². The Morgan fingerprint density at radius 1 is 1.41 bits per heavy atom. The number of carbonyl (C=O) groups excluding carboxylic acids is 2. The minimum atomic E-state index is -1.20. The van der Waals surface area contributed by atoms with Crippen LogP contribution in [0, 0.1) is 0 Å². The maximum atomic E-state index is 13.1. The number of hydrogen-bond donors (Lipinski definition) is 4. The van der Waals surface area contributed by atoms with Gasteiger partial charge >= 0.3 is 5.97 Å². The van der Waals surface area contributed by atoms with Crippen LogP contribution < -0.4 is 11.1 Å². The number of aliphatic carboxylic acids is 1. The number of nitrogens with zero attached hydrogens (tertiary/aromatic N) is 5. The number of oxime groups is 1. The summed E-state index contributed by atoms with van der Waals surface area (Å²) in [6, 6.07) is -0.915. The van der Waals surface area contributed by atoms with E-state index >= 15 is 0 Å². The summed E-state index contributed by atoms with van der Waals surface area (Å²) in [6.45, 7) is 2.45. The van der Waals surface area contributed by atoms with Gasteiger partial charge < -0.3 is 21.0 Å². The molecule has 0 saturated carbocycles. The molecule has 0 aliphatic carbocycles. The number of fused-ring (bicyclic) bond motifs is 1. The second-order valence-electron chi connectivity index (χ2n) is 8.12. The smallest absolute Gasteiger partial charge is 0.352 e. The zero-order valence-electron chi connectivity index (χ0n) is 19.9. The zero-order chi connectivity index (χ0) is 26.4. The molecule has 4 heterocycles. The van der Waals surface area contributed by atoms with Crippen molar-refractivity contribution < 1.29 is 24.3 Å². The SMILES string of the molecule is CCCCCCON=C(C(=O)NC1C(=O)N2C(C(=O)O)=C(CSc3cn[nH]n3)CS[C@H]12)c1csc(N)n1. The zero-order valence-corrected chi connectivity index (χ0v) is 22.3.